The number of hydrogen-bond donors (Lipinski definition) is 0. The van der Waals surface area contributed by atoms with E-state index in [2.05, 4.69) is 16.2 Å². The average Bonchev–Trinajstić information content (AvgIpc) is 1.61. The Morgan fingerprint density at radius 3 is 2.00 bits per heavy atom. The van der Waals surface area contributed by atoms with E-state index in [0.29, 0.717) is 0 Å². The molecule has 0 nitrogen and oxygen atoms in total. The third-order valence-electron chi connectivity index (χ3n) is 0.959. The molecule has 7 heavy (non-hydrogen) atoms. The van der Waals surface area contributed by atoms with Crippen LogP contribution in [0.15, 0.2) is 0 Å². The van der Waals surface area contributed by atoms with Crippen molar-refractivity contribution in [2.75, 3.05) is 0 Å². The fourth-order valence-corrected chi connectivity index (χ4v) is 4.16. The average molecular weight is 296 g/mol. The topological polar surface area (TPSA) is 0 Å². The second-order valence-corrected chi connectivity index (χ2v) is 12.3. The molecule has 0 unspecified atom stereocenters. The van der Waals surface area contributed by atoms with Gasteiger partial charge in [-0.2, -0.15) is 0 Å². The summed E-state index contributed by atoms with van der Waals surface area (Å²) >= 11 is -0.697. The molecule has 0 fully saturated rings. The van der Waals surface area contributed by atoms with Crippen LogP contribution in [0.5, 0.6) is 0 Å². The van der Waals surface area contributed by atoms with Crippen LogP contribution in [0.3, 0.4) is 0 Å². The number of hydrogen-bond acceptors (Lipinski definition) is 0. The van der Waals surface area contributed by atoms with Gasteiger partial charge in [0, 0.05) is 0 Å². The fraction of sp³-hybridized carbons (Fsp3) is 1.00. The van der Waals surface area contributed by atoms with Crippen LogP contribution in [0.1, 0.15) is 19.8 Å². The molecule has 0 radical (unpaired) electrons. The van der Waals surface area contributed by atoms with Gasteiger partial charge in [-0.15, -0.1) is 0 Å². The number of unbranched alkanes of at least 4 members (excludes halogenated alkanes) is 1. The molecule has 0 saturated heterocycles. The predicted molar refractivity (Wildman–Crippen MR) is 37.2 cm³/mol. The number of rotatable bonds is 3. The standard InChI is InChI=1S/C4H9.2CH3.Bi/c1-3-4-2;;;/h1,3-4H2,2H3;2*1H3;. The molecule has 0 aromatic heterocycles. The molecule has 0 amide bonds. The second-order valence-electron chi connectivity index (χ2n) is 2.16. The molecule has 0 aliphatic rings. The summed E-state index contributed by atoms with van der Waals surface area (Å²) in [6, 6.07) is 0. The van der Waals surface area contributed by atoms with E-state index in [4.69, 9.17) is 0 Å². The summed E-state index contributed by atoms with van der Waals surface area (Å²) in [7, 11) is 0. The van der Waals surface area contributed by atoms with E-state index in [0.717, 1.165) is 0 Å². The molecule has 1 heteroatoms. The van der Waals surface area contributed by atoms with E-state index in [1.165, 1.54) is 12.8 Å². The monoisotopic (exact) mass is 296 g/mol. The Kier molecular flexibility index (Phi) is 5.66. The molecule has 0 saturated carbocycles. The Hall–Kier alpha value is 0.883. The Balaban J connectivity index is 2.68. The molecular formula is C6H15Bi. The van der Waals surface area contributed by atoms with E-state index in [1.54, 1.807) is 4.13 Å². The van der Waals surface area contributed by atoms with Crippen molar-refractivity contribution in [3.8, 4) is 0 Å². The van der Waals surface area contributed by atoms with Crippen molar-refractivity contribution in [2.24, 2.45) is 0 Å². The van der Waals surface area contributed by atoms with Crippen LogP contribution in [0.25, 0.3) is 0 Å². The van der Waals surface area contributed by atoms with E-state index < -0.39 is 21.8 Å². The zero-order valence-corrected chi connectivity index (χ0v) is 9.05. The van der Waals surface area contributed by atoms with Crippen LogP contribution in [-0.2, 0) is 0 Å². The summed E-state index contributed by atoms with van der Waals surface area (Å²) in [6.45, 7) is 2.27. The van der Waals surface area contributed by atoms with Gasteiger partial charge in [-0.25, -0.2) is 0 Å². The van der Waals surface area contributed by atoms with Crippen molar-refractivity contribution in [1.82, 2.24) is 0 Å². The van der Waals surface area contributed by atoms with Crippen LogP contribution in [0.2, 0.25) is 13.4 Å². The van der Waals surface area contributed by atoms with Gasteiger partial charge in [0.1, 0.15) is 0 Å². The van der Waals surface area contributed by atoms with Gasteiger partial charge in [0.2, 0.25) is 0 Å². The first-order valence-corrected chi connectivity index (χ1v) is 12.3. The van der Waals surface area contributed by atoms with Crippen LogP contribution in [0, 0.1) is 0 Å². The normalized spacial score (nSPS) is 10.3. The molecule has 0 spiro atoms. The molecule has 0 rings (SSSR count). The van der Waals surface area contributed by atoms with Gasteiger partial charge in [0.05, 0.1) is 0 Å². The van der Waals surface area contributed by atoms with Gasteiger partial charge in [-0.3, -0.25) is 0 Å². The summed E-state index contributed by atoms with van der Waals surface area (Å²) in [6.07, 6.45) is 2.89. The van der Waals surface area contributed by atoms with Crippen molar-refractivity contribution >= 4 is 21.8 Å². The van der Waals surface area contributed by atoms with Crippen LogP contribution in [-0.4, -0.2) is 21.8 Å². The summed E-state index contributed by atoms with van der Waals surface area (Å²) in [5, 5.41) is 0. The molecule has 0 N–H and O–H groups in total. The van der Waals surface area contributed by atoms with Gasteiger partial charge < -0.3 is 0 Å². The Bertz CT molecular complexity index is 33.2. The van der Waals surface area contributed by atoms with Crippen LogP contribution in [0.4, 0.5) is 0 Å². The zero-order chi connectivity index (χ0) is 5.70. The maximum atomic E-state index is 2.48. The Morgan fingerprint density at radius 1 is 1.29 bits per heavy atom. The molecule has 0 bridgehead atoms. The van der Waals surface area contributed by atoms with Crippen molar-refractivity contribution < 1.29 is 0 Å². The first-order valence-electron chi connectivity index (χ1n) is 2.92. The third-order valence-corrected chi connectivity index (χ3v) is 5.67. The van der Waals surface area contributed by atoms with E-state index in [9.17, 15) is 0 Å². The van der Waals surface area contributed by atoms with Gasteiger partial charge >= 0.3 is 54.9 Å². The molecule has 0 aliphatic heterocycles. The van der Waals surface area contributed by atoms with Crippen molar-refractivity contribution in [3.63, 3.8) is 0 Å². The molecule has 0 heterocycles. The quantitative estimate of drug-likeness (QED) is 0.702. The summed E-state index contributed by atoms with van der Waals surface area (Å²) in [4.78, 5) is 0. The molecular weight excluding hydrogens is 281 g/mol. The van der Waals surface area contributed by atoms with Crippen molar-refractivity contribution in [3.05, 3.63) is 0 Å². The van der Waals surface area contributed by atoms with Crippen molar-refractivity contribution in [2.45, 2.75) is 33.2 Å². The molecule has 0 aliphatic carbocycles. The molecule has 44 valence electrons. The SMILES string of the molecule is CCC[CH2][Bi]([CH3])[CH3]. The maximum absolute atomic E-state index is 2.48. The second kappa shape index (κ2) is 5.03. The van der Waals surface area contributed by atoms with Gasteiger partial charge in [-0.1, -0.05) is 0 Å². The molecule has 0 aromatic rings. The first kappa shape index (κ1) is 7.88. The van der Waals surface area contributed by atoms with E-state index in [-0.39, 0.29) is 0 Å². The summed E-state index contributed by atoms with van der Waals surface area (Å²) < 4.78 is 6.56. The summed E-state index contributed by atoms with van der Waals surface area (Å²) in [5.74, 6) is 0. The van der Waals surface area contributed by atoms with E-state index >= 15 is 0 Å². The van der Waals surface area contributed by atoms with Gasteiger partial charge in [-0.05, 0) is 0 Å². The predicted octanol–water partition coefficient (Wildman–Crippen LogP) is 2.54. The molecule has 0 aromatic carbocycles. The molecule has 0 atom stereocenters. The minimum absolute atomic E-state index is 0.697. The first-order chi connectivity index (χ1) is 3.27. The van der Waals surface area contributed by atoms with E-state index in [1.807, 2.05) is 0 Å². The summed E-state index contributed by atoms with van der Waals surface area (Å²) in [5.41, 5.74) is 0. The minimum atomic E-state index is -0.697. The zero-order valence-electron chi connectivity index (χ0n) is 5.57. The van der Waals surface area contributed by atoms with Crippen molar-refractivity contribution in [1.29, 1.82) is 0 Å². The van der Waals surface area contributed by atoms with Crippen LogP contribution < -0.4 is 0 Å². The Labute approximate surface area is 55.0 Å². The van der Waals surface area contributed by atoms with Crippen LogP contribution >= 0.6 is 0 Å². The van der Waals surface area contributed by atoms with Gasteiger partial charge in [0.25, 0.3) is 0 Å². The van der Waals surface area contributed by atoms with Gasteiger partial charge in [0.15, 0.2) is 0 Å². The third kappa shape index (κ3) is 6.88. The Morgan fingerprint density at radius 2 is 1.86 bits per heavy atom. The fourth-order valence-electron chi connectivity index (χ4n) is 0.474.